The molecule has 0 aliphatic carbocycles. The Morgan fingerprint density at radius 3 is 2.50 bits per heavy atom. The molecule has 3 aromatic rings. The van der Waals surface area contributed by atoms with Crippen LogP contribution in [0.5, 0.6) is 5.75 Å². The topological polar surface area (TPSA) is 58.0 Å². The summed E-state index contributed by atoms with van der Waals surface area (Å²) < 4.78 is 13.8. The molecule has 110 valence electrons. The fraction of sp³-hybridized carbons (Fsp3) is 0. The molecule has 0 radical (unpaired) electrons. The molecule has 0 bridgehead atoms. The van der Waals surface area contributed by atoms with Gasteiger partial charge in [-0.1, -0.05) is 41.9 Å². The number of phenols is 1. The molecule has 0 aliphatic rings. The molecule has 6 heteroatoms. The minimum Gasteiger partial charge on any atom is -0.508 e. The Morgan fingerprint density at radius 1 is 1.00 bits per heavy atom. The molecule has 2 N–H and O–H groups in total. The van der Waals surface area contributed by atoms with E-state index < -0.39 is 5.82 Å². The van der Waals surface area contributed by atoms with E-state index in [4.69, 9.17) is 11.6 Å². The molecule has 0 unspecified atom stereocenters. The number of anilines is 2. The van der Waals surface area contributed by atoms with Crippen LogP contribution in [0.3, 0.4) is 0 Å². The van der Waals surface area contributed by atoms with Crippen molar-refractivity contribution >= 4 is 23.1 Å². The number of nitrogens with one attached hydrogen (secondary N) is 1. The van der Waals surface area contributed by atoms with Gasteiger partial charge in [0.2, 0.25) is 0 Å². The average molecular weight is 316 g/mol. The first-order chi connectivity index (χ1) is 10.6. The second-order valence-electron chi connectivity index (χ2n) is 4.55. The Hall–Kier alpha value is -2.66. The lowest BCUT2D eigenvalue weighted by atomic mass is 10.2. The van der Waals surface area contributed by atoms with Gasteiger partial charge < -0.3 is 10.4 Å². The van der Waals surface area contributed by atoms with Crippen molar-refractivity contribution in [3.05, 3.63) is 65.6 Å². The van der Waals surface area contributed by atoms with E-state index in [2.05, 4.69) is 15.3 Å². The first-order valence-corrected chi connectivity index (χ1v) is 6.85. The Kier molecular flexibility index (Phi) is 3.89. The van der Waals surface area contributed by atoms with Crippen LogP contribution in [0.15, 0.2) is 54.6 Å². The van der Waals surface area contributed by atoms with Crippen molar-refractivity contribution in [2.75, 3.05) is 5.32 Å². The number of aromatic nitrogens is 2. The van der Waals surface area contributed by atoms with Crippen molar-refractivity contribution in [2.45, 2.75) is 0 Å². The third-order valence-corrected chi connectivity index (χ3v) is 3.14. The number of hydrogen-bond donors (Lipinski definition) is 2. The summed E-state index contributed by atoms with van der Waals surface area (Å²) in [4.78, 5) is 8.49. The number of hydrogen-bond acceptors (Lipinski definition) is 4. The summed E-state index contributed by atoms with van der Waals surface area (Å²) in [6.45, 7) is 0. The molecule has 3 rings (SSSR count). The molecule has 2 aromatic carbocycles. The zero-order chi connectivity index (χ0) is 15.5. The summed E-state index contributed by atoms with van der Waals surface area (Å²) in [5.74, 6) is 0.0722. The van der Waals surface area contributed by atoms with Crippen molar-refractivity contribution in [2.24, 2.45) is 0 Å². The molecule has 4 nitrogen and oxygen atoms in total. The van der Waals surface area contributed by atoms with E-state index in [0.717, 1.165) is 11.6 Å². The van der Waals surface area contributed by atoms with Crippen molar-refractivity contribution in [1.82, 2.24) is 9.97 Å². The molecule has 0 amide bonds. The lowest BCUT2D eigenvalue weighted by molar-refractivity contribution is 0.469. The zero-order valence-electron chi connectivity index (χ0n) is 11.3. The van der Waals surface area contributed by atoms with Gasteiger partial charge in [-0.25, -0.2) is 14.4 Å². The van der Waals surface area contributed by atoms with Crippen molar-refractivity contribution in [1.29, 1.82) is 0 Å². The second kappa shape index (κ2) is 5.99. The van der Waals surface area contributed by atoms with Crippen molar-refractivity contribution in [3.63, 3.8) is 0 Å². The Balaban J connectivity index is 1.96. The number of halogens is 2. The quantitative estimate of drug-likeness (QED) is 0.556. The molecule has 0 fully saturated rings. The van der Waals surface area contributed by atoms with E-state index in [0.29, 0.717) is 11.6 Å². The van der Waals surface area contributed by atoms with Gasteiger partial charge in [-0.2, -0.15) is 0 Å². The second-order valence-corrected chi connectivity index (χ2v) is 4.94. The number of phenolic OH excluding ortho intramolecular Hbond substituents is 1. The highest BCUT2D eigenvalue weighted by atomic mass is 35.5. The van der Waals surface area contributed by atoms with Gasteiger partial charge in [0.05, 0.1) is 5.69 Å². The van der Waals surface area contributed by atoms with Crippen LogP contribution in [0.2, 0.25) is 5.15 Å². The third-order valence-electron chi connectivity index (χ3n) is 2.94. The number of nitrogens with zero attached hydrogens (tertiary/aromatic N) is 2. The molecular weight excluding hydrogens is 305 g/mol. The Bertz CT molecular complexity index is 812. The number of rotatable bonds is 3. The lowest BCUT2D eigenvalue weighted by Gasteiger charge is -2.09. The highest BCUT2D eigenvalue weighted by Gasteiger charge is 2.08. The van der Waals surface area contributed by atoms with E-state index in [1.54, 1.807) is 0 Å². The third kappa shape index (κ3) is 3.15. The minimum atomic E-state index is -0.587. The maximum absolute atomic E-state index is 13.8. The van der Waals surface area contributed by atoms with Crippen LogP contribution in [-0.2, 0) is 0 Å². The van der Waals surface area contributed by atoms with Gasteiger partial charge in [0.1, 0.15) is 22.5 Å². The fourth-order valence-corrected chi connectivity index (χ4v) is 2.12. The van der Waals surface area contributed by atoms with E-state index in [1.165, 1.54) is 18.2 Å². The number of aromatic hydroxyl groups is 1. The number of benzene rings is 2. The van der Waals surface area contributed by atoms with E-state index in [-0.39, 0.29) is 16.6 Å². The first-order valence-electron chi connectivity index (χ1n) is 6.47. The predicted molar refractivity (Wildman–Crippen MR) is 83.8 cm³/mol. The molecule has 0 saturated carbocycles. The summed E-state index contributed by atoms with van der Waals surface area (Å²) in [6, 6.07) is 14.7. The average Bonchev–Trinajstić information content (AvgIpc) is 2.50. The molecule has 1 aromatic heterocycles. The maximum Gasteiger partial charge on any atom is 0.163 e. The van der Waals surface area contributed by atoms with Crippen LogP contribution in [0.4, 0.5) is 15.9 Å². The van der Waals surface area contributed by atoms with Gasteiger partial charge in [-0.15, -0.1) is 0 Å². The largest absolute Gasteiger partial charge is 0.508 e. The Labute approximate surface area is 131 Å². The minimum absolute atomic E-state index is 0.145. The molecule has 0 saturated heterocycles. The summed E-state index contributed by atoms with van der Waals surface area (Å²) >= 11 is 6.01. The standard InChI is InChI=1S/C16H11ClFN3O/c17-14-9-15(19-13-7-6-11(22)8-12(13)18)21-16(20-14)10-4-2-1-3-5-10/h1-9,22H,(H,19,20,21). The highest BCUT2D eigenvalue weighted by molar-refractivity contribution is 6.29. The van der Waals surface area contributed by atoms with Gasteiger partial charge in [-0.3, -0.25) is 0 Å². The maximum atomic E-state index is 13.8. The van der Waals surface area contributed by atoms with Crippen LogP contribution in [-0.4, -0.2) is 15.1 Å². The van der Waals surface area contributed by atoms with Gasteiger partial charge >= 0.3 is 0 Å². The molecule has 0 aliphatic heterocycles. The summed E-state index contributed by atoms with van der Waals surface area (Å²) in [5.41, 5.74) is 0.991. The lowest BCUT2D eigenvalue weighted by Crippen LogP contribution is -1.99. The summed E-state index contributed by atoms with van der Waals surface area (Å²) in [7, 11) is 0. The summed E-state index contributed by atoms with van der Waals surface area (Å²) in [6.07, 6.45) is 0. The van der Waals surface area contributed by atoms with Crippen LogP contribution < -0.4 is 5.32 Å². The fourth-order valence-electron chi connectivity index (χ4n) is 1.94. The molecule has 0 atom stereocenters. The van der Waals surface area contributed by atoms with E-state index in [9.17, 15) is 9.50 Å². The van der Waals surface area contributed by atoms with E-state index in [1.807, 2.05) is 30.3 Å². The van der Waals surface area contributed by atoms with Gasteiger partial charge in [0.15, 0.2) is 5.82 Å². The van der Waals surface area contributed by atoms with E-state index >= 15 is 0 Å². The van der Waals surface area contributed by atoms with Crippen LogP contribution >= 0.6 is 11.6 Å². The van der Waals surface area contributed by atoms with Crippen molar-refractivity contribution in [3.8, 4) is 17.1 Å². The van der Waals surface area contributed by atoms with Gasteiger partial charge in [-0.05, 0) is 12.1 Å². The van der Waals surface area contributed by atoms with Gasteiger partial charge in [0, 0.05) is 17.7 Å². The highest BCUT2D eigenvalue weighted by Crippen LogP contribution is 2.25. The normalized spacial score (nSPS) is 10.5. The zero-order valence-corrected chi connectivity index (χ0v) is 12.0. The molecule has 0 spiro atoms. The van der Waals surface area contributed by atoms with Crippen LogP contribution in [0.1, 0.15) is 0 Å². The van der Waals surface area contributed by atoms with Crippen LogP contribution in [0, 0.1) is 5.82 Å². The smallest absolute Gasteiger partial charge is 0.163 e. The molecular formula is C16H11ClFN3O. The van der Waals surface area contributed by atoms with Crippen LogP contribution in [0.25, 0.3) is 11.4 Å². The van der Waals surface area contributed by atoms with Crippen molar-refractivity contribution < 1.29 is 9.50 Å². The van der Waals surface area contributed by atoms with Gasteiger partial charge in [0.25, 0.3) is 0 Å². The first kappa shape index (κ1) is 14.3. The monoisotopic (exact) mass is 315 g/mol. The summed E-state index contributed by atoms with van der Waals surface area (Å²) in [5, 5.41) is 12.3. The molecule has 1 heterocycles. The Morgan fingerprint density at radius 2 is 1.77 bits per heavy atom. The molecule has 22 heavy (non-hydrogen) atoms. The predicted octanol–water partition coefficient (Wildman–Crippen LogP) is 4.39. The SMILES string of the molecule is Oc1ccc(Nc2cc(Cl)nc(-c3ccccc3)n2)c(F)c1.